The lowest BCUT2D eigenvalue weighted by Crippen LogP contribution is -2.26. The Morgan fingerprint density at radius 1 is 1.41 bits per heavy atom. The second-order valence-corrected chi connectivity index (χ2v) is 4.17. The van der Waals surface area contributed by atoms with E-state index in [2.05, 4.69) is 15.9 Å². The van der Waals surface area contributed by atoms with E-state index in [0.717, 1.165) is 0 Å². The minimum atomic E-state index is -0.381. The summed E-state index contributed by atoms with van der Waals surface area (Å²) in [6.45, 7) is 0. The summed E-state index contributed by atoms with van der Waals surface area (Å²) in [5, 5.41) is 0. The van der Waals surface area contributed by atoms with Crippen molar-refractivity contribution in [2.75, 3.05) is 11.9 Å². The number of furan rings is 1. The van der Waals surface area contributed by atoms with E-state index < -0.39 is 0 Å². The summed E-state index contributed by atoms with van der Waals surface area (Å²) in [5.74, 6) is -0.648. The second kappa shape index (κ2) is 4.71. The van der Waals surface area contributed by atoms with Crippen molar-refractivity contribution in [1.29, 1.82) is 0 Å². The molecule has 0 fully saturated rings. The highest BCUT2D eigenvalue weighted by Gasteiger charge is 2.18. The van der Waals surface area contributed by atoms with Crippen LogP contribution in [0.1, 0.15) is 10.4 Å². The average Bonchev–Trinajstić information content (AvgIpc) is 2.73. The van der Waals surface area contributed by atoms with Gasteiger partial charge in [-0.2, -0.15) is 0 Å². The first-order chi connectivity index (χ1) is 8.09. The summed E-state index contributed by atoms with van der Waals surface area (Å²) in [6.07, 6.45) is 1.41. The van der Waals surface area contributed by atoms with E-state index in [4.69, 9.17) is 4.42 Å². The van der Waals surface area contributed by atoms with Crippen LogP contribution in [0.5, 0.6) is 0 Å². The average molecular weight is 298 g/mol. The molecular weight excluding hydrogens is 289 g/mol. The maximum Gasteiger partial charge on any atom is 0.262 e. The monoisotopic (exact) mass is 297 g/mol. The van der Waals surface area contributed by atoms with Crippen LogP contribution in [0.3, 0.4) is 0 Å². The van der Waals surface area contributed by atoms with Crippen LogP contribution in [-0.4, -0.2) is 13.0 Å². The van der Waals surface area contributed by atoms with Crippen molar-refractivity contribution in [3.8, 4) is 0 Å². The molecule has 0 atom stereocenters. The summed E-state index contributed by atoms with van der Waals surface area (Å²) in [4.78, 5) is 13.4. The lowest BCUT2D eigenvalue weighted by Gasteiger charge is -2.16. The minimum Gasteiger partial charge on any atom is -0.457 e. The van der Waals surface area contributed by atoms with Gasteiger partial charge in [0.15, 0.2) is 4.67 Å². The molecule has 1 heterocycles. The highest BCUT2D eigenvalue weighted by molar-refractivity contribution is 9.10. The molecule has 0 spiro atoms. The molecule has 2 rings (SSSR count). The normalized spacial score (nSPS) is 10.3. The lowest BCUT2D eigenvalue weighted by atomic mass is 10.2. The number of halogens is 2. The molecule has 0 aliphatic carbocycles. The van der Waals surface area contributed by atoms with Gasteiger partial charge in [0.05, 0.1) is 11.8 Å². The van der Waals surface area contributed by atoms with Gasteiger partial charge in [0.2, 0.25) is 0 Å². The quantitative estimate of drug-likeness (QED) is 0.850. The summed E-state index contributed by atoms with van der Waals surface area (Å²) in [5.41, 5.74) is 0.889. The van der Waals surface area contributed by atoms with Crippen molar-refractivity contribution in [1.82, 2.24) is 0 Å². The number of carbonyl (C=O) groups excluding carboxylic acids is 1. The molecule has 0 radical (unpaired) electrons. The molecule has 0 N–H and O–H groups in total. The zero-order chi connectivity index (χ0) is 12.4. The molecule has 0 saturated carbocycles. The number of hydrogen-bond acceptors (Lipinski definition) is 2. The van der Waals surface area contributed by atoms with E-state index in [0.29, 0.717) is 15.9 Å². The van der Waals surface area contributed by atoms with Crippen molar-refractivity contribution >= 4 is 27.5 Å². The standard InChI is InChI=1S/C12H9BrFNO2/c1-15(9-4-2-3-8(14)7-9)12(16)10-5-6-17-11(10)13/h2-7H,1H3. The Balaban J connectivity index is 2.30. The third-order valence-electron chi connectivity index (χ3n) is 2.35. The van der Waals surface area contributed by atoms with Crippen LogP contribution >= 0.6 is 15.9 Å². The molecular formula is C12H9BrFNO2. The number of nitrogens with zero attached hydrogens (tertiary/aromatic N) is 1. The SMILES string of the molecule is CN(C(=O)c1ccoc1Br)c1cccc(F)c1. The molecule has 0 bridgehead atoms. The summed E-state index contributed by atoms with van der Waals surface area (Å²) in [6, 6.07) is 7.40. The van der Waals surface area contributed by atoms with Crippen LogP contribution in [0.15, 0.2) is 45.7 Å². The molecule has 0 unspecified atom stereocenters. The number of anilines is 1. The Morgan fingerprint density at radius 3 is 2.76 bits per heavy atom. The topological polar surface area (TPSA) is 33.5 Å². The highest BCUT2D eigenvalue weighted by Crippen LogP contribution is 2.22. The number of benzene rings is 1. The fraction of sp³-hybridized carbons (Fsp3) is 0.0833. The van der Waals surface area contributed by atoms with Gasteiger partial charge in [-0.05, 0) is 40.2 Å². The Bertz CT molecular complexity index is 553. The number of hydrogen-bond donors (Lipinski definition) is 0. The first-order valence-electron chi connectivity index (χ1n) is 4.86. The molecule has 1 amide bonds. The van der Waals surface area contributed by atoms with Crippen LogP contribution in [0, 0.1) is 5.82 Å². The highest BCUT2D eigenvalue weighted by atomic mass is 79.9. The van der Waals surface area contributed by atoms with Gasteiger partial charge >= 0.3 is 0 Å². The van der Waals surface area contributed by atoms with E-state index >= 15 is 0 Å². The number of rotatable bonds is 2. The molecule has 0 aliphatic rings. The zero-order valence-electron chi connectivity index (χ0n) is 8.98. The van der Waals surface area contributed by atoms with E-state index in [1.165, 1.54) is 23.3 Å². The van der Waals surface area contributed by atoms with Gasteiger partial charge in [0.1, 0.15) is 5.82 Å². The van der Waals surface area contributed by atoms with Crippen LogP contribution in [-0.2, 0) is 0 Å². The maximum absolute atomic E-state index is 13.0. The summed E-state index contributed by atoms with van der Waals surface area (Å²) >= 11 is 3.13. The molecule has 2 aromatic rings. The largest absolute Gasteiger partial charge is 0.457 e. The minimum absolute atomic E-state index is 0.267. The molecule has 1 aromatic carbocycles. The van der Waals surface area contributed by atoms with Gasteiger partial charge in [-0.25, -0.2) is 4.39 Å². The maximum atomic E-state index is 13.0. The van der Waals surface area contributed by atoms with Crippen LogP contribution < -0.4 is 4.90 Å². The third-order valence-corrected chi connectivity index (χ3v) is 2.96. The van der Waals surface area contributed by atoms with E-state index in [1.807, 2.05) is 0 Å². The molecule has 1 aromatic heterocycles. The Kier molecular flexibility index (Phi) is 3.28. The number of amides is 1. The fourth-order valence-corrected chi connectivity index (χ4v) is 1.84. The first-order valence-corrected chi connectivity index (χ1v) is 5.65. The van der Waals surface area contributed by atoms with Crippen molar-refractivity contribution in [3.05, 3.63) is 52.6 Å². The van der Waals surface area contributed by atoms with Gasteiger partial charge < -0.3 is 9.32 Å². The van der Waals surface area contributed by atoms with Gasteiger partial charge in [0, 0.05) is 12.7 Å². The van der Waals surface area contributed by atoms with Gasteiger partial charge in [0.25, 0.3) is 5.91 Å². The van der Waals surface area contributed by atoms with Crippen LogP contribution in [0.2, 0.25) is 0 Å². The van der Waals surface area contributed by atoms with Gasteiger partial charge in [-0.1, -0.05) is 6.07 Å². The summed E-state index contributed by atoms with van der Waals surface area (Å²) in [7, 11) is 1.58. The van der Waals surface area contributed by atoms with Crippen LogP contribution in [0.4, 0.5) is 10.1 Å². The van der Waals surface area contributed by atoms with Crippen LogP contribution in [0.25, 0.3) is 0 Å². The second-order valence-electron chi connectivity index (χ2n) is 3.45. The predicted octanol–water partition coefficient (Wildman–Crippen LogP) is 3.46. The molecule has 0 aliphatic heterocycles. The predicted molar refractivity (Wildman–Crippen MR) is 65.5 cm³/mol. The first kappa shape index (κ1) is 11.9. The van der Waals surface area contributed by atoms with E-state index in [9.17, 15) is 9.18 Å². The number of carbonyl (C=O) groups is 1. The molecule has 88 valence electrons. The van der Waals surface area contributed by atoms with Gasteiger partial charge in [-0.3, -0.25) is 4.79 Å². The fourth-order valence-electron chi connectivity index (χ4n) is 1.43. The Hall–Kier alpha value is -1.62. The lowest BCUT2D eigenvalue weighted by molar-refractivity contribution is 0.0991. The third kappa shape index (κ3) is 2.39. The molecule has 5 heteroatoms. The molecule has 17 heavy (non-hydrogen) atoms. The summed E-state index contributed by atoms with van der Waals surface area (Å²) < 4.78 is 18.4. The molecule has 3 nitrogen and oxygen atoms in total. The zero-order valence-corrected chi connectivity index (χ0v) is 10.6. The Morgan fingerprint density at radius 2 is 2.18 bits per heavy atom. The van der Waals surface area contributed by atoms with E-state index in [1.54, 1.807) is 25.2 Å². The van der Waals surface area contributed by atoms with Crippen molar-refractivity contribution in [2.24, 2.45) is 0 Å². The van der Waals surface area contributed by atoms with E-state index in [-0.39, 0.29) is 11.7 Å². The van der Waals surface area contributed by atoms with Crippen molar-refractivity contribution in [2.45, 2.75) is 0 Å². The van der Waals surface area contributed by atoms with Crippen molar-refractivity contribution < 1.29 is 13.6 Å². The van der Waals surface area contributed by atoms with Crippen molar-refractivity contribution in [3.63, 3.8) is 0 Å². The Labute approximate surface area is 106 Å². The molecule has 0 saturated heterocycles. The smallest absolute Gasteiger partial charge is 0.262 e. The van der Waals surface area contributed by atoms with Gasteiger partial charge in [-0.15, -0.1) is 0 Å².